The van der Waals surface area contributed by atoms with Crippen LogP contribution in [0.4, 0.5) is 0 Å². The second-order valence-corrected chi connectivity index (χ2v) is 5.43. The Kier molecular flexibility index (Phi) is 4.15. The second kappa shape index (κ2) is 6.23. The Morgan fingerprint density at radius 3 is 2.82 bits per heavy atom. The molecule has 1 amide bonds. The molecular formula is C17H20N2O3. The van der Waals surface area contributed by atoms with Crippen LogP contribution in [0.3, 0.4) is 0 Å². The maximum atomic E-state index is 12.8. The molecule has 0 saturated heterocycles. The van der Waals surface area contributed by atoms with Crippen molar-refractivity contribution >= 4 is 5.91 Å². The molecule has 1 aliphatic heterocycles. The van der Waals surface area contributed by atoms with Crippen molar-refractivity contribution in [1.29, 1.82) is 0 Å². The first-order valence-electron chi connectivity index (χ1n) is 7.31. The van der Waals surface area contributed by atoms with Gasteiger partial charge in [0.2, 0.25) is 0 Å². The molecule has 2 aromatic rings. The summed E-state index contributed by atoms with van der Waals surface area (Å²) in [6.45, 7) is 1.93. The summed E-state index contributed by atoms with van der Waals surface area (Å²) in [5.41, 5.74) is 1.75. The number of carbonyl (C=O) groups is 1. The van der Waals surface area contributed by atoms with E-state index >= 15 is 0 Å². The first kappa shape index (κ1) is 14.7. The highest BCUT2D eigenvalue weighted by Crippen LogP contribution is 2.19. The topological polar surface area (TPSA) is 43.7 Å². The number of ether oxygens (including phenoxy) is 2. The van der Waals surface area contributed by atoms with Crippen molar-refractivity contribution in [2.24, 2.45) is 0 Å². The monoisotopic (exact) mass is 300 g/mol. The normalized spacial score (nSPS) is 17.7. The number of nitrogens with zero attached hydrogens (tertiary/aromatic N) is 2. The Labute approximate surface area is 130 Å². The fourth-order valence-corrected chi connectivity index (χ4v) is 2.80. The van der Waals surface area contributed by atoms with E-state index in [2.05, 4.69) is 4.57 Å². The molecule has 0 N–H and O–H groups in total. The van der Waals surface area contributed by atoms with Gasteiger partial charge in [0.1, 0.15) is 5.75 Å². The third-order valence-corrected chi connectivity index (χ3v) is 4.04. The Morgan fingerprint density at radius 1 is 1.18 bits per heavy atom. The molecule has 5 nitrogen and oxygen atoms in total. The molecule has 1 aromatic carbocycles. The second-order valence-electron chi connectivity index (χ2n) is 5.43. The van der Waals surface area contributed by atoms with Crippen LogP contribution in [0.25, 0.3) is 0 Å². The third kappa shape index (κ3) is 2.85. The summed E-state index contributed by atoms with van der Waals surface area (Å²) in [6.07, 6.45) is 2.02. The van der Waals surface area contributed by atoms with Crippen molar-refractivity contribution in [3.8, 4) is 5.75 Å². The van der Waals surface area contributed by atoms with Crippen LogP contribution in [0, 0.1) is 0 Å². The first-order chi connectivity index (χ1) is 10.7. The molecule has 0 saturated carbocycles. The largest absolute Gasteiger partial charge is 0.497 e. The van der Waals surface area contributed by atoms with Gasteiger partial charge in [-0.1, -0.05) is 6.07 Å². The van der Waals surface area contributed by atoms with Crippen LogP contribution in [-0.2, 0) is 17.8 Å². The molecule has 3 rings (SSSR count). The standard InChI is InChI=1S/C17H20N2O3/c1-21-15-7-3-5-13(9-15)17(20)19-10-14-6-4-8-18(14)11-16(12-19)22-2/h3-9,16H,10-12H2,1-2H3. The van der Waals surface area contributed by atoms with Gasteiger partial charge in [-0.15, -0.1) is 0 Å². The van der Waals surface area contributed by atoms with Gasteiger partial charge in [-0.25, -0.2) is 0 Å². The van der Waals surface area contributed by atoms with E-state index in [1.807, 2.05) is 41.4 Å². The number of benzene rings is 1. The Morgan fingerprint density at radius 2 is 2.05 bits per heavy atom. The van der Waals surface area contributed by atoms with Crippen LogP contribution in [-0.4, -0.2) is 42.2 Å². The quantitative estimate of drug-likeness (QED) is 0.872. The summed E-state index contributed by atoms with van der Waals surface area (Å²) in [6, 6.07) is 11.3. The number of amides is 1. The van der Waals surface area contributed by atoms with Crippen molar-refractivity contribution < 1.29 is 14.3 Å². The summed E-state index contributed by atoms with van der Waals surface area (Å²) in [5.74, 6) is 0.683. The minimum Gasteiger partial charge on any atom is -0.497 e. The molecule has 0 fully saturated rings. The molecule has 1 aromatic heterocycles. The van der Waals surface area contributed by atoms with Gasteiger partial charge in [0, 0.05) is 31.1 Å². The van der Waals surface area contributed by atoms with E-state index in [1.54, 1.807) is 20.3 Å². The number of hydrogen-bond acceptors (Lipinski definition) is 3. The highest BCUT2D eigenvalue weighted by molar-refractivity contribution is 5.94. The fourth-order valence-electron chi connectivity index (χ4n) is 2.80. The lowest BCUT2D eigenvalue weighted by Gasteiger charge is -2.23. The molecule has 116 valence electrons. The van der Waals surface area contributed by atoms with E-state index in [-0.39, 0.29) is 12.0 Å². The molecule has 0 aliphatic carbocycles. The van der Waals surface area contributed by atoms with Crippen LogP contribution in [0.2, 0.25) is 0 Å². The van der Waals surface area contributed by atoms with E-state index in [0.717, 1.165) is 12.2 Å². The van der Waals surface area contributed by atoms with Gasteiger partial charge >= 0.3 is 0 Å². The summed E-state index contributed by atoms with van der Waals surface area (Å²) in [5, 5.41) is 0. The van der Waals surface area contributed by atoms with Gasteiger partial charge in [-0.3, -0.25) is 4.79 Å². The van der Waals surface area contributed by atoms with E-state index in [0.29, 0.717) is 24.4 Å². The molecule has 0 spiro atoms. The number of carbonyl (C=O) groups excluding carboxylic acids is 1. The van der Waals surface area contributed by atoms with Crippen molar-refractivity contribution in [2.45, 2.75) is 19.2 Å². The molecule has 1 unspecified atom stereocenters. The number of aromatic nitrogens is 1. The average Bonchev–Trinajstić information content (AvgIpc) is 2.91. The van der Waals surface area contributed by atoms with Gasteiger partial charge in [-0.2, -0.15) is 0 Å². The van der Waals surface area contributed by atoms with Crippen molar-refractivity contribution in [3.05, 3.63) is 53.9 Å². The third-order valence-electron chi connectivity index (χ3n) is 4.04. The molecule has 5 heteroatoms. The Hall–Kier alpha value is -2.27. The highest BCUT2D eigenvalue weighted by atomic mass is 16.5. The molecule has 1 atom stereocenters. The molecule has 0 bridgehead atoms. The zero-order chi connectivity index (χ0) is 15.5. The summed E-state index contributed by atoms with van der Waals surface area (Å²) < 4.78 is 12.9. The first-order valence-corrected chi connectivity index (χ1v) is 7.31. The highest BCUT2D eigenvalue weighted by Gasteiger charge is 2.25. The molecule has 0 radical (unpaired) electrons. The number of rotatable bonds is 3. The number of hydrogen-bond donors (Lipinski definition) is 0. The lowest BCUT2D eigenvalue weighted by Crippen LogP contribution is -2.36. The van der Waals surface area contributed by atoms with E-state index in [4.69, 9.17) is 9.47 Å². The zero-order valence-corrected chi connectivity index (χ0v) is 12.9. The maximum Gasteiger partial charge on any atom is 0.254 e. The molecule has 2 heterocycles. The number of methoxy groups -OCH3 is 2. The molecule has 1 aliphatic rings. The predicted molar refractivity (Wildman–Crippen MR) is 83.0 cm³/mol. The number of fused-ring (bicyclic) bond motifs is 1. The Balaban J connectivity index is 1.87. The minimum absolute atomic E-state index is 0.00407. The maximum absolute atomic E-state index is 12.8. The SMILES string of the molecule is COc1cccc(C(=O)N2Cc3cccn3CC(OC)C2)c1. The van der Waals surface area contributed by atoms with Crippen LogP contribution < -0.4 is 4.74 Å². The van der Waals surface area contributed by atoms with Gasteiger partial charge in [-0.05, 0) is 30.3 Å². The summed E-state index contributed by atoms with van der Waals surface area (Å²) >= 11 is 0. The van der Waals surface area contributed by atoms with Crippen LogP contribution in [0.1, 0.15) is 16.1 Å². The predicted octanol–water partition coefficient (Wildman–Crippen LogP) is 2.17. The summed E-state index contributed by atoms with van der Waals surface area (Å²) in [4.78, 5) is 14.7. The lowest BCUT2D eigenvalue weighted by atomic mass is 10.1. The van der Waals surface area contributed by atoms with E-state index < -0.39 is 0 Å². The van der Waals surface area contributed by atoms with Gasteiger partial charge in [0.15, 0.2) is 0 Å². The minimum atomic E-state index is -0.0109. The van der Waals surface area contributed by atoms with E-state index in [1.165, 1.54) is 0 Å². The lowest BCUT2D eigenvalue weighted by molar-refractivity contribution is 0.0459. The Bertz CT molecular complexity index is 665. The smallest absolute Gasteiger partial charge is 0.254 e. The average molecular weight is 300 g/mol. The van der Waals surface area contributed by atoms with Crippen molar-refractivity contribution in [2.75, 3.05) is 20.8 Å². The molecule has 22 heavy (non-hydrogen) atoms. The van der Waals surface area contributed by atoms with Crippen molar-refractivity contribution in [1.82, 2.24) is 9.47 Å². The van der Waals surface area contributed by atoms with E-state index in [9.17, 15) is 4.79 Å². The molecular weight excluding hydrogens is 280 g/mol. The zero-order valence-electron chi connectivity index (χ0n) is 12.9. The van der Waals surface area contributed by atoms with Crippen molar-refractivity contribution in [3.63, 3.8) is 0 Å². The van der Waals surface area contributed by atoms with Gasteiger partial charge < -0.3 is 18.9 Å². The summed E-state index contributed by atoms with van der Waals surface area (Å²) in [7, 11) is 3.29. The van der Waals surface area contributed by atoms with Crippen LogP contribution in [0.15, 0.2) is 42.6 Å². The van der Waals surface area contributed by atoms with Gasteiger partial charge in [0.05, 0.1) is 26.3 Å². The van der Waals surface area contributed by atoms with Gasteiger partial charge in [0.25, 0.3) is 5.91 Å². The fraction of sp³-hybridized carbons (Fsp3) is 0.353. The van der Waals surface area contributed by atoms with Crippen LogP contribution >= 0.6 is 0 Å². The van der Waals surface area contributed by atoms with Crippen LogP contribution in [0.5, 0.6) is 5.75 Å².